The Morgan fingerprint density at radius 3 is 2.58 bits per heavy atom. The van der Waals surface area contributed by atoms with Crippen molar-refractivity contribution in [2.75, 3.05) is 38.0 Å². The van der Waals surface area contributed by atoms with Gasteiger partial charge in [-0.25, -0.2) is 18.4 Å². The van der Waals surface area contributed by atoms with Gasteiger partial charge in [0.2, 0.25) is 0 Å². The van der Waals surface area contributed by atoms with E-state index in [1.165, 1.54) is 23.5 Å². The van der Waals surface area contributed by atoms with E-state index in [0.717, 1.165) is 43.7 Å². The summed E-state index contributed by atoms with van der Waals surface area (Å²) in [6.45, 7) is 6.58. The molecule has 204 valence electrons. The first-order valence-corrected chi connectivity index (χ1v) is 15.0. The van der Waals surface area contributed by atoms with Crippen LogP contribution in [0.1, 0.15) is 18.2 Å². The van der Waals surface area contributed by atoms with E-state index in [1.54, 1.807) is 17.7 Å². The van der Waals surface area contributed by atoms with Gasteiger partial charge >= 0.3 is 6.18 Å². The predicted octanol–water partition coefficient (Wildman–Crippen LogP) is 4.29. The second-order valence-electron chi connectivity index (χ2n) is 9.22. The Bertz CT molecular complexity index is 1550. The van der Waals surface area contributed by atoms with Crippen LogP contribution >= 0.6 is 22.7 Å². The predicted molar refractivity (Wildman–Crippen MR) is 142 cm³/mol. The van der Waals surface area contributed by atoms with Crippen molar-refractivity contribution < 1.29 is 21.6 Å². The van der Waals surface area contributed by atoms with E-state index in [-0.39, 0.29) is 15.9 Å². The van der Waals surface area contributed by atoms with E-state index in [9.17, 15) is 21.6 Å². The van der Waals surface area contributed by atoms with E-state index >= 15 is 0 Å². The fourth-order valence-electron chi connectivity index (χ4n) is 4.47. The number of nitrogens with zero attached hydrogens (tertiary/aromatic N) is 6. The summed E-state index contributed by atoms with van der Waals surface area (Å²) in [7, 11) is -2.55. The lowest BCUT2D eigenvalue weighted by Gasteiger charge is -2.35. The highest BCUT2D eigenvalue weighted by molar-refractivity contribution is 7.91. The number of hydrogen-bond donors (Lipinski definition) is 1. The minimum Gasteiger partial charge on any atom is -0.365 e. The molecule has 15 heteroatoms. The van der Waals surface area contributed by atoms with Crippen LogP contribution in [0, 0.1) is 6.92 Å². The number of aromatic nitrogens is 4. The molecular weight excluding hydrogens is 559 g/mol. The summed E-state index contributed by atoms with van der Waals surface area (Å²) >= 11 is 2.53. The smallest absolute Gasteiger partial charge is 0.365 e. The molecule has 1 aliphatic heterocycles. The largest absolute Gasteiger partial charge is 0.433 e. The van der Waals surface area contributed by atoms with Crippen molar-refractivity contribution in [3.63, 3.8) is 0 Å². The fraction of sp³-hybridized carbons (Fsp3) is 0.435. The first kappa shape index (κ1) is 27.0. The summed E-state index contributed by atoms with van der Waals surface area (Å²) in [6, 6.07) is 3.95. The van der Waals surface area contributed by atoms with Crippen LogP contribution in [-0.4, -0.2) is 76.1 Å². The van der Waals surface area contributed by atoms with Gasteiger partial charge < -0.3 is 5.32 Å². The second-order valence-corrected chi connectivity index (χ2v) is 13.4. The molecule has 4 aromatic heterocycles. The van der Waals surface area contributed by atoms with E-state index in [1.807, 2.05) is 6.92 Å². The SMILES string of the molecule is Cc1csc2c(N[C@@H](C)CN3CCN(S(=O)(=O)c4ccc(-c5cc(C(F)(F)F)n(C)n5)s4)CC3)ncnc12. The molecule has 1 atom stereocenters. The Kier molecular flexibility index (Phi) is 7.24. The monoisotopic (exact) mass is 585 g/mol. The number of rotatable bonds is 7. The van der Waals surface area contributed by atoms with Gasteiger partial charge in [0.15, 0.2) is 0 Å². The summed E-state index contributed by atoms with van der Waals surface area (Å²) in [5, 5.41) is 9.43. The number of thiophene rings is 2. The molecule has 1 fully saturated rings. The lowest BCUT2D eigenvalue weighted by atomic mass is 10.2. The number of aryl methyl sites for hydroxylation is 2. The van der Waals surface area contributed by atoms with Gasteiger partial charge in [0.05, 0.1) is 15.1 Å². The Morgan fingerprint density at radius 2 is 1.89 bits per heavy atom. The maximum atomic E-state index is 13.2. The number of fused-ring (bicyclic) bond motifs is 1. The quantitative estimate of drug-likeness (QED) is 0.346. The Balaban J connectivity index is 1.20. The zero-order chi connectivity index (χ0) is 27.2. The van der Waals surface area contributed by atoms with Crippen molar-refractivity contribution in [3.05, 3.63) is 41.2 Å². The number of alkyl halides is 3. The third-order valence-corrected chi connectivity index (χ3v) is 10.9. The Hall–Kier alpha value is -2.59. The van der Waals surface area contributed by atoms with Gasteiger partial charge in [-0.2, -0.15) is 22.6 Å². The third kappa shape index (κ3) is 5.30. The van der Waals surface area contributed by atoms with Gasteiger partial charge in [0.1, 0.15) is 27.7 Å². The lowest BCUT2D eigenvalue weighted by molar-refractivity contribution is -0.143. The molecule has 1 aliphatic rings. The molecule has 0 aliphatic carbocycles. The number of piperazine rings is 1. The van der Waals surface area contributed by atoms with Crippen LogP contribution in [0.15, 0.2) is 34.1 Å². The number of halogens is 3. The third-order valence-electron chi connectivity index (χ3n) is 6.38. The van der Waals surface area contributed by atoms with Crippen LogP contribution in [0.2, 0.25) is 0 Å². The minimum absolute atomic E-state index is 0.0819. The molecule has 5 rings (SSSR count). The summed E-state index contributed by atoms with van der Waals surface area (Å²) < 4.78 is 69.2. The Morgan fingerprint density at radius 1 is 1.16 bits per heavy atom. The van der Waals surface area contributed by atoms with Crippen molar-refractivity contribution >= 4 is 48.7 Å². The van der Waals surface area contributed by atoms with Crippen LogP contribution in [-0.2, 0) is 23.2 Å². The van der Waals surface area contributed by atoms with Gasteiger partial charge in [-0.15, -0.1) is 22.7 Å². The van der Waals surface area contributed by atoms with E-state index in [2.05, 4.69) is 37.6 Å². The standard InChI is InChI=1S/C23H26F3N7O2S3/c1-14-12-36-21-20(14)27-13-28-22(21)29-15(2)11-32-6-8-33(9-7-32)38(34,35)19-5-4-17(37-19)16-10-18(23(24,25)26)31(3)30-16/h4-5,10,12-13,15H,6-9,11H2,1-3H3,(H,27,28,29)/t15-/m0/s1. The van der Waals surface area contributed by atoms with Gasteiger partial charge in [-0.1, -0.05) is 0 Å². The molecule has 5 heterocycles. The number of nitrogens with one attached hydrogen (secondary N) is 1. The number of hydrogen-bond acceptors (Lipinski definition) is 9. The normalized spacial score (nSPS) is 16.8. The van der Waals surface area contributed by atoms with Gasteiger partial charge in [-0.3, -0.25) is 9.58 Å². The maximum absolute atomic E-state index is 13.2. The minimum atomic E-state index is -4.54. The van der Waals surface area contributed by atoms with E-state index in [0.29, 0.717) is 37.6 Å². The highest BCUT2D eigenvalue weighted by Crippen LogP contribution is 2.36. The number of sulfonamides is 1. The maximum Gasteiger partial charge on any atom is 0.433 e. The van der Waals surface area contributed by atoms with Crippen molar-refractivity contribution in [1.29, 1.82) is 0 Å². The summed E-state index contributed by atoms with van der Waals surface area (Å²) in [6.07, 6.45) is -2.98. The fourth-order valence-corrected chi connectivity index (χ4v) is 8.26. The average molecular weight is 586 g/mol. The molecule has 1 saturated heterocycles. The number of anilines is 1. The molecule has 0 radical (unpaired) electrons. The molecule has 38 heavy (non-hydrogen) atoms. The summed E-state index contributed by atoms with van der Waals surface area (Å²) in [5.41, 5.74) is 1.26. The molecule has 9 nitrogen and oxygen atoms in total. The van der Waals surface area contributed by atoms with Crippen LogP contribution in [0.25, 0.3) is 20.8 Å². The summed E-state index contributed by atoms with van der Waals surface area (Å²) in [4.78, 5) is 11.3. The van der Waals surface area contributed by atoms with Gasteiger partial charge in [-0.05, 0) is 43.0 Å². The zero-order valence-corrected chi connectivity index (χ0v) is 23.3. The highest BCUT2D eigenvalue weighted by atomic mass is 32.2. The van der Waals surface area contributed by atoms with Crippen molar-refractivity contribution in [3.8, 4) is 10.6 Å². The van der Waals surface area contributed by atoms with Crippen LogP contribution in [0.4, 0.5) is 19.0 Å². The summed E-state index contributed by atoms with van der Waals surface area (Å²) in [5.74, 6) is 0.797. The van der Waals surface area contributed by atoms with Crippen molar-refractivity contribution in [1.82, 2.24) is 29.0 Å². The Labute approximate surface area is 226 Å². The van der Waals surface area contributed by atoms with Crippen LogP contribution in [0.5, 0.6) is 0 Å². The molecule has 0 amide bonds. The molecule has 0 unspecified atom stereocenters. The van der Waals surface area contributed by atoms with Crippen LogP contribution < -0.4 is 5.32 Å². The zero-order valence-electron chi connectivity index (χ0n) is 20.9. The first-order chi connectivity index (χ1) is 17.9. The molecule has 0 bridgehead atoms. The van der Waals surface area contributed by atoms with E-state index in [4.69, 9.17) is 0 Å². The topological polar surface area (TPSA) is 96.2 Å². The van der Waals surface area contributed by atoms with Crippen molar-refractivity contribution in [2.45, 2.75) is 30.3 Å². The first-order valence-electron chi connectivity index (χ1n) is 11.8. The van der Waals surface area contributed by atoms with Crippen LogP contribution in [0.3, 0.4) is 0 Å². The highest BCUT2D eigenvalue weighted by Gasteiger charge is 2.36. The molecule has 1 N–H and O–H groups in total. The van der Waals surface area contributed by atoms with E-state index < -0.39 is 21.9 Å². The molecule has 0 spiro atoms. The molecule has 4 aromatic rings. The molecular formula is C23H26F3N7O2S3. The molecule has 0 saturated carbocycles. The van der Waals surface area contributed by atoms with Crippen molar-refractivity contribution in [2.24, 2.45) is 7.05 Å². The van der Waals surface area contributed by atoms with Gasteiger partial charge in [0.25, 0.3) is 10.0 Å². The average Bonchev–Trinajstić information content (AvgIpc) is 3.58. The lowest BCUT2D eigenvalue weighted by Crippen LogP contribution is -2.50. The van der Waals surface area contributed by atoms with Gasteiger partial charge in [0, 0.05) is 45.8 Å². The molecule has 0 aromatic carbocycles. The second kappa shape index (κ2) is 10.2.